The van der Waals surface area contributed by atoms with Crippen LogP contribution in [0.1, 0.15) is 30.0 Å². The summed E-state index contributed by atoms with van der Waals surface area (Å²) in [5, 5.41) is 30.4. The summed E-state index contributed by atoms with van der Waals surface area (Å²) in [7, 11) is 0. The molecule has 0 bridgehead atoms. The summed E-state index contributed by atoms with van der Waals surface area (Å²) in [5.74, 6) is 0.881. The van der Waals surface area contributed by atoms with Gasteiger partial charge >= 0.3 is 0 Å². The number of aromatic hydroxyl groups is 1. The molecular formula is C23H22N4O4S. The fourth-order valence-corrected chi connectivity index (χ4v) is 3.57. The lowest BCUT2D eigenvalue weighted by atomic mass is 10.1. The van der Waals surface area contributed by atoms with Crippen molar-refractivity contribution in [2.75, 3.05) is 18.5 Å². The Labute approximate surface area is 189 Å². The molecule has 32 heavy (non-hydrogen) atoms. The zero-order valence-corrected chi connectivity index (χ0v) is 18.5. The minimum Gasteiger partial charge on any atom is -0.508 e. The molecule has 0 aliphatic carbocycles. The first-order valence-electron chi connectivity index (χ1n) is 9.95. The molecule has 9 heteroatoms. The average molecular weight is 451 g/mol. The van der Waals surface area contributed by atoms with E-state index in [2.05, 4.69) is 15.5 Å². The number of hydrogen-bond acceptors (Lipinski definition) is 8. The molecule has 0 unspecified atom stereocenters. The van der Waals surface area contributed by atoms with Crippen LogP contribution >= 0.6 is 11.3 Å². The van der Waals surface area contributed by atoms with Crippen molar-refractivity contribution in [2.45, 2.75) is 20.3 Å². The van der Waals surface area contributed by atoms with Gasteiger partial charge in [-0.15, -0.1) is 10.2 Å². The Morgan fingerprint density at radius 3 is 2.53 bits per heavy atom. The number of ether oxygens (including phenoxy) is 2. The molecule has 0 atom stereocenters. The fraction of sp³-hybridized carbons (Fsp3) is 0.217. The molecule has 2 N–H and O–H groups in total. The van der Waals surface area contributed by atoms with Gasteiger partial charge in [0, 0.05) is 6.42 Å². The van der Waals surface area contributed by atoms with Gasteiger partial charge in [-0.2, -0.15) is 5.26 Å². The molecule has 2 aromatic carbocycles. The molecule has 1 amide bonds. The number of benzene rings is 2. The van der Waals surface area contributed by atoms with Crippen LogP contribution in [0.2, 0.25) is 0 Å². The number of nitrogens with zero attached hydrogens (tertiary/aromatic N) is 3. The summed E-state index contributed by atoms with van der Waals surface area (Å²) in [6, 6.07) is 13.8. The number of nitriles is 1. The standard InChI is InChI=1S/C23H22N4O4S/c1-3-30-19-10-7-16(12-20(19)31-4-2)13-21-26-27-23(32-21)25-22(29)17(14-24)11-15-5-8-18(28)9-6-15/h5-12,28H,3-4,13H2,1-2H3,(H,25,27,29)/b17-11-. The maximum absolute atomic E-state index is 12.5. The van der Waals surface area contributed by atoms with Crippen molar-refractivity contribution in [3.05, 3.63) is 64.2 Å². The van der Waals surface area contributed by atoms with Gasteiger partial charge in [0.1, 0.15) is 22.4 Å². The zero-order chi connectivity index (χ0) is 22.9. The molecule has 0 fully saturated rings. The van der Waals surface area contributed by atoms with Gasteiger partial charge in [0.05, 0.1) is 13.2 Å². The van der Waals surface area contributed by atoms with E-state index in [9.17, 15) is 15.2 Å². The smallest absolute Gasteiger partial charge is 0.268 e. The highest BCUT2D eigenvalue weighted by Crippen LogP contribution is 2.30. The van der Waals surface area contributed by atoms with Crippen molar-refractivity contribution in [3.8, 4) is 23.3 Å². The second-order valence-electron chi connectivity index (χ2n) is 6.54. The molecule has 0 aliphatic rings. The van der Waals surface area contributed by atoms with Crippen LogP contribution in [-0.4, -0.2) is 34.4 Å². The predicted molar refractivity (Wildman–Crippen MR) is 122 cm³/mol. The first kappa shape index (κ1) is 22.8. The van der Waals surface area contributed by atoms with Crippen LogP contribution in [0.5, 0.6) is 17.2 Å². The Bertz CT molecular complexity index is 1150. The predicted octanol–water partition coefficient (Wildman–Crippen LogP) is 4.18. The summed E-state index contributed by atoms with van der Waals surface area (Å²) in [4.78, 5) is 12.5. The number of rotatable bonds is 9. The Balaban J connectivity index is 1.69. The topological polar surface area (TPSA) is 117 Å². The molecule has 1 heterocycles. The third kappa shape index (κ3) is 6.06. The van der Waals surface area contributed by atoms with Gasteiger partial charge in [-0.1, -0.05) is 29.5 Å². The van der Waals surface area contributed by atoms with Crippen LogP contribution in [0.4, 0.5) is 5.13 Å². The van der Waals surface area contributed by atoms with Crippen molar-refractivity contribution in [3.63, 3.8) is 0 Å². The summed E-state index contributed by atoms with van der Waals surface area (Å²) in [5.41, 5.74) is 1.50. The highest BCUT2D eigenvalue weighted by molar-refractivity contribution is 7.15. The number of carbonyl (C=O) groups excluding carboxylic acids is 1. The molecular weight excluding hydrogens is 428 g/mol. The first-order chi connectivity index (χ1) is 15.5. The summed E-state index contributed by atoms with van der Waals surface area (Å²) < 4.78 is 11.2. The lowest BCUT2D eigenvalue weighted by Gasteiger charge is -2.11. The number of hydrogen-bond donors (Lipinski definition) is 2. The Morgan fingerprint density at radius 1 is 1.12 bits per heavy atom. The number of carbonyl (C=O) groups is 1. The number of anilines is 1. The van der Waals surface area contributed by atoms with Crippen LogP contribution in [0, 0.1) is 11.3 Å². The average Bonchev–Trinajstić information content (AvgIpc) is 3.22. The normalized spacial score (nSPS) is 11.0. The monoisotopic (exact) mass is 450 g/mol. The van der Waals surface area contributed by atoms with Gasteiger partial charge in [-0.3, -0.25) is 10.1 Å². The van der Waals surface area contributed by atoms with Crippen LogP contribution in [0.25, 0.3) is 6.08 Å². The van der Waals surface area contributed by atoms with Crippen LogP contribution in [0.3, 0.4) is 0 Å². The molecule has 0 aliphatic heterocycles. The summed E-state index contributed by atoms with van der Waals surface area (Å²) in [6.45, 7) is 4.90. The molecule has 8 nitrogen and oxygen atoms in total. The van der Waals surface area contributed by atoms with Crippen molar-refractivity contribution in [1.29, 1.82) is 5.26 Å². The second kappa shape index (κ2) is 10.9. The minimum atomic E-state index is -0.581. The van der Waals surface area contributed by atoms with E-state index in [1.807, 2.05) is 38.1 Å². The minimum absolute atomic E-state index is 0.0830. The maximum Gasteiger partial charge on any atom is 0.268 e. The molecule has 1 aromatic heterocycles. The Kier molecular flexibility index (Phi) is 7.78. The number of amides is 1. The van der Waals surface area contributed by atoms with Gasteiger partial charge in [0.25, 0.3) is 5.91 Å². The van der Waals surface area contributed by atoms with Gasteiger partial charge in [0.15, 0.2) is 11.5 Å². The summed E-state index contributed by atoms with van der Waals surface area (Å²) in [6.07, 6.45) is 1.94. The maximum atomic E-state index is 12.5. The van der Waals surface area contributed by atoms with E-state index >= 15 is 0 Å². The molecule has 164 valence electrons. The highest BCUT2D eigenvalue weighted by Gasteiger charge is 2.14. The second-order valence-corrected chi connectivity index (χ2v) is 7.60. The van der Waals surface area contributed by atoms with Gasteiger partial charge < -0.3 is 14.6 Å². The Hall–Kier alpha value is -3.90. The van der Waals surface area contributed by atoms with Crippen molar-refractivity contribution < 1.29 is 19.4 Å². The third-order valence-corrected chi connectivity index (χ3v) is 5.06. The van der Waals surface area contributed by atoms with Crippen LogP contribution in [0.15, 0.2) is 48.0 Å². The lowest BCUT2D eigenvalue weighted by molar-refractivity contribution is -0.112. The summed E-state index contributed by atoms with van der Waals surface area (Å²) >= 11 is 1.23. The highest BCUT2D eigenvalue weighted by atomic mass is 32.1. The Morgan fingerprint density at radius 2 is 1.84 bits per heavy atom. The van der Waals surface area contributed by atoms with Crippen molar-refractivity contribution in [1.82, 2.24) is 10.2 Å². The van der Waals surface area contributed by atoms with Gasteiger partial charge in [-0.05, 0) is 55.3 Å². The van der Waals surface area contributed by atoms with Crippen LogP contribution < -0.4 is 14.8 Å². The first-order valence-corrected chi connectivity index (χ1v) is 10.8. The largest absolute Gasteiger partial charge is 0.508 e. The number of aromatic nitrogens is 2. The zero-order valence-electron chi connectivity index (χ0n) is 17.7. The fourth-order valence-electron chi connectivity index (χ4n) is 2.81. The number of nitrogens with one attached hydrogen (secondary N) is 1. The molecule has 0 saturated heterocycles. The number of phenolic OH excluding ortho intramolecular Hbond substituents is 1. The molecule has 3 aromatic rings. The van der Waals surface area contributed by atoms with Crippen molar-refractivity contribution >= 4 is 28.5 Å². The van der Waals surface area contributed by atoms with Crippen molar-refractivity contribution in [2.24, 2.45) is 0 Å². The SMILES string of the molecule is CCOc1ccc(Cc2nnc(NC(=O)/C(C#N)=C\c3ccc(O)cc3)s2)cc1OCC. The quantitative estimate of drug-likeness (QED) is 0.371. The molecule has 0 spiro atoms. The van der Waals surface area contributed by atoms with E-state index in [0.29, 0.717) is 46.8 Å². The van der Waals surface area contributed by atoms with E-state index in [0.717, 1.165) is 5.56 Å². The lowest BCUT2D eigenvalue weighted by Crippen LogP contribution is -2.13. The molecule has 3 rings (SSSR count). The van der Waals surface area contributed by atoms with E-state index in [1.54, 1.807) is 12.1 Å². The van der Waals surface area contributed by atoms with Gasteiger partial charge in [-0.25, -0.2) is 0 Å². The van der Waals surface area contributed by atoms with E-state index in [4.69, 9.17) is 9.47 Å². The number of phenols is 1. The van der Waals surface area contributed by atoms with E-state index < -0.39 is 5.91 Å². The molecule has 0 radical (unpaired) electrons. The van der Waals surface area contributed by atoms with Gasteiger partial charge in [0.2, 0.25) is 5.13 Å². The third-order valence-electron chi connectivity index (χ3n) is 4.22. The van der Waals surface area contributed by atoms with E-state index in [-0.39, 0.29) is 11.3 Å². The van der Waals surface area contributed by atoms with E-state index in [1.165, 1.54) is 29.5 Å². The molecule has 0 saturated carbocycles. The van der Waals surface area contributed by atoms with Crippen LogP contribution in [-0.2, 0) is 11.2 Å².